The van der Waals surface area contributed by atoms with Gasteiger partial charge in [-0.25, -0.2) is 0 Å². The van der Waals surface area contributed by atoms with E-state index in [-0.39, 0.29) is 6.42 Å². The number of fused-ring (bicyclic) bond motifs is 3. The van der Waals surface area contributed by atoms with Gasteiger partial charge < -0.3 is 14.6 Å². The van der Waals surface area contributed by atoms with Gasteiger partial charge in [-0.2, -0.15) is 0 Å². The van der Waals surface area contributed by atoms with Crippen LogP contribution in [0.15, 0.2) is 48.6 Å². The summed E-state index contributed by atoms with van der Waals surface area (Å²) in [7, 11) is 0. The zero-order chi connectivity index (χ0) is 17.9. The highest BCUT2D eigenvalue weighted by molar-refractivity contribution is 5.93. The van der Waals surface area contributed by atoms with Crippen LogP contribution in [0, 0.1) is 17.8 Å². The predicted octanol–water partition coefficient (Wildman–Crippen LogP) is 4.07. The maximum atomic E-state index is 11.0. The molecule has 0 saturated heterocycles. The topological polar surface area (TPSA) is 55.8 Å². The van der Waals surface area contributed by atoms with E-state index in [0.29, 0.717) is 25.0 Å². The minimum Gasteiger partial charge on any atom is -0.491 e. The number of hydrogen-bond donors (Lipinski definition) is 1. The van der Waals surface area contributed by atoms with Gasteiger partial charge in [0.2, 0.25) is 0 Å². The van der Waals surface area contributed by atoms with Crippen molar-refractivity contribution in [1.82, 2.24) is 0 Å². The van der Waals surface area contributed by atoms with E-state index in [4.69, 9.17) is 14.6 Å². The number of hydrogen-bond acceptors (Lipinski definition) is 3. The standard InChI is InChI=1S/C22H24O4/c23-22(24)13-17-7-8-21(20-4-2-1-3-19(17)20)26-10-9-25-14-18-12-15-5-6-16(18)11-15/h1-8,15-16,18H,9-14H2,(H,23,24). The molecule has 4 nitrogen and oxygen atoms in total. The molecule has 1 N–H and O–H groups in total. The van der Waals surface area contributed by atoms with Gasteiger partial charge in [0, 0.05) is 5.39 Å². The number of carboxylic acids is 1. The number of rotatable bonds is 8. The minimum atomic E-state index is -0.826. The van der Waals surface area contributed by atoms with Crippen LogP contribution in [0.1, 0.15) is 18.4 Å². The predicted molar refractivity (Wildman–Crippen MR) is 100 cm³/mol. The molecule has 1 fully saturated rings. The summed E-state index contributed by atoms with van der Waals surface area (Å²) in [6.45, 7) is 1.88. The number of aliphatic carboxylic acids is 1. The number of ether oxygens (including phenoxy) is 2. The highest BCUT2D eigenvalue weighted by Gasteiger charge is 2.35. The third kappa shape index (κ3) is 3.61. The van der Waals surface area contributed by atoms with Crippen LogP contribution in [0.2, 0.25) is 0 Å². The highest BCUT2D eigenvalue weighted by atomic mass is 16.5. The van der Waals surface area contributed by atoms with E-state index in [9.17, 15) is 4.79 Å². The molecule has 0 spiro atoms. The Morgan fingerprint density at radius 3 is 2.62 bits per heavy atom. The van der Waals surface area contributed by atoms with Crippen molar-refractivity contribution in [3.8, 4) is 5.75 Å². The molecule has 26 heavy (non-hydrogen) atoms. The molecule has 0 heterocycles. The van der Waals surface area contributed by atoms with Crippen LogP contribution in [-0.2, 0) is 16.0 Å². The van der Waals surface area contributed by atoms with Crippen LogP contribution in [0.5, 0.6) is 5.75 Å². The summed E-state index contributed by atoms with van der Waals surface area (Å²) < 4.78 is 11.8. The van der Waals surface area contributed by atoms with Crippen LogP contribution in [0.25, 0.3) is 10.8 Å². The first-order valence-corrected chi connectivity index (χ1v) is 9.32. The summed E-state index contributed by atoms with van der Waals surface area (Å²) in [5, 5.41) is 11.0. The van der Waals surface area contributed by atoms with Crippen LogP contribution < -0.4 is 4.74 Å². The Morgan fingerprint density at radius 1 is 1.04 bits per heavy atom. The Bertz CT molecular complexity index is 826. The van der Waals surface area contributed by atoms with E-state index in [2.05, 4.69) is 12.2 Å². The maximum Gasteiger partial charge on any atom is 0.307 e. The van der Waals surface area contributed by atoms with Crippen molar-refractivity contribution >= 4 is 16.7 Å². The molecule has 3 atom stereocenters. The van der Waals surface area contributed by atoms with Gasteiger partial charge in [0.15, 0.2) is 0 Å². The van der Waals surface area contributed by atoms with Gasteiger partial charge in [0.25, 0.3) is 0 Å². The quantitative estimate of drug-likeness (QED) is 0.575. The highest BCUT2D eigenvalue weighted by Crippen LogP contribution is 2.43. The second-order valence-electron chi connectivity index (χ2n) is 7.30. The van der Waals surface area contributed by atoms with Gasteiger partial charge in [-0.3, -0.25) is 4.79 Å². The summed E-state index contributed by atoms with van der Waals surface area (Å²) >= 11 is 0. The molecule has 2 bridgehead atoms. The van der Waals surface area contributed by atoms with Crippen LogP contribution >= 0.6 is 0 Å². The molecule has 2 aromatic rings. The molecule has 4 rings (SSSR count). The third-order valence-corrected chi connectivity index (χ3v) is 5.55. The van der Waals surface area contributed by atoms with Crippen molar-refractivity contribution in [3.05, 3.63) is 54.1 Å². The molecular weight excluding hydrogens is 328 g/mol. The van der Waals surface area contributed by atoms with Crippen LogP contribution in [0.4, 0.5) is 0 Å². The molecule has 0 amide bonds. The zero-order valence-corrected chi connectivity index (χ0v) is 14.8. The molecule has 0 aromatic heterocycles. The first kappa shape index (κ1) is 17.1. The van der Waals surface area contributed by atoms with Gasteiger partial charge in [-0.05, 0) is 47.6 Å². The lowest BCUT2D eigenvalue weighted by Crippen LogP contribution is -2.17. The van der Waals surface area contributed by atoms with Gasteiger partial charge in [0.05, 0.1) is 19.6 Å². The van der Waals surface area contributed by atoms with Crippen molar-refractivity contribution in [2.75, 3.05) is 19.8 Å². The summed E-state index contributed by atoms with van der Waals surface area (Å²) in [4.78, 5) is 11.0. The summed E-state index contributed by atoms with van der Waals surface area (Å²) in [6, 6.07) is 11.5. The first-order valence-electron chi connectivity index (χ1n) is 9.32. The van der Waals surface area contributed by atoms with Crippen molar-refractivity contribution < 1.29 is 19.4 Å². The molecule has 2 aromatic carbocycles. The fourth-order valence-corrected chi connectivity index (χ4v) is 4.31. The monoisotopic (exact) mass is 352 g/mol. The second kappa shape index (κ2) is 7.50. The van der Waals surface area contributed by atoms with Crippen molar-refractivity contribution in [2.24, 2.45) is 17.8 Å². The number of carbonyl (C=O) groups is 1. The average Bonchev–Trinajstić information content (AvgIpc) is 3.26. The van der Waals surface area contributed by atoms with E-state index in [0.717, 1.165) is 34.6 Å². The molecular formula is C22H24O4. The lowest BCUT2D eigenvalue weighted by atomic mass is 9.95. The van der Waals surface area contributed by atoms with Crippen LogP contribution in [0.3, 0.4) is 0 Å². The number of allylic oxidation sites excluding steroid dienone is 2. The van der Waals surface area contributed by atoms with Crippen molar-refractivity contribution in [3.63, 3.8) is 0 Å². The molecule has 2 aliphatic rings. The second-order valence-corrected chi connectivity index (χ2v) is 7.30. The molecule has 136 valence electrons. The van der Waals surface area contributed by atoms with E-state index in [1.807, 2.05) is 36.4 Å². The molecule has 1 saturated carbocycles. The fraction of sp³-hybridized carbons (Fsp3) is 0.409. The Morgan fingerprint density at radius 2 is 1.88 bits per heavy atom. The van der Waals surface area contributed by atoms with Crippen molar-refractivity contribution in [2.45, 2.75) is 19.3 Å². The van der Waals surface area contributed by atoms with Gasteiger partial charge in [-0.15, -0.1) is 0 Å². The Labute approximate surface area is 153 Å². The maximum absolute atomic E-state index is 11.0. The number of carboxylic acid groups (broad SMARTS) is 1. The van der Waals surface area contributed by atoms with Crippen LogP contribution in [-0.4, -0.2) is 30.9 Å². The first-order chi connectivity index (χ1) is 12.7. The smallest absolute Gasteiger partial charge is 0.307 e. The number of benzene rings is 2. The normalized spacial score (nSPS) is 23.6. The molecule has 0 aliphatic heterocycles. The van der Waals surface area contributed by atoms with E-state index >= 15 is 0 Å². The fourth-order valence-electron chi connectivity index (χ4n) is 4.31. The van der Waals surface area contributed by atoms with E-state index in [1.54, 1.807) is 0 Å². The largest absolute Gasteiger partial charge is 0.491 e. The Kier molecular flexibility index (Phi) is 4.93. The Hall–Kier alpha value is -2.33. The van der Waals surface area contributed by atoms with Gasteiger partial charge in [0.1, 0.15) is 12.4 Å². The van der Waals surface area contributed by atoms with E-state index < -0.39 is 5.97 Å². The molecule has 4 heteroatoms. The van der Waals surface area contributed by atoms with Crippen molar-refractivity contribution in [1.29, 1.82) is 0 Å². The zero-order valence-electron chi connectivity index (χ0n) is 14.8. The molecule has 3 unspecified atom stereocenters. The van der Waals surface area contributed by atoms with Gasteiger partial charge in [-0.1, -0.05) is 42.5 Å². The lowest BCUT2D eigenvalue weighted by Gasteiger charge is -2.18. The molecule has 0 radical (unpaired) electrons. The van der Waals surface area contributed by atoms with Gasteiger partial charge >= 0.3 is 5.97 Å². The summed E-state index contributed by atoms with van der Waals surface area (Å²) in [5.74, 6) is 2.11. The summed E-state index contributed by atoms with van der Waals surface area (Å²) in [6.07, 6.45) is 7.28. The van der Waals surface area contributed by atoms with E-state index in [1.165, 1.54) is 12.8 Å². The average molecular weight is 352 g/mol. The third-order valence-electron chi connectivity index (χ3n) is 5.55. The summed E-state index contributed by atoms with van der Waals surface area (Å²) in [5.41, 5.74) is 0.807. The molecule has 2 aliphatic carbocycles. The minimum absolute atomic E-state index is 0.0158. The lowest BCUT2D eigenvalue weighted by molar-refractivity contribution is -0.136. The Balaban J connectivity index is 1.32. The SMILES string of the molecule is O=C(O)Cc1ccc(OCCOCC2CC3C=CC2C3)c2ccccc12.